The van der Waals surface area contributed by atoms with Crippen LogP contribution >= 0.6 is 0 Å². The summed E-state index contributed by atoms with van der Waals surface area (Å²) in [5.41, 5.74) is 5.78. The average molecular weight is 238 g/mol. The maximum absolute atomic E-state index is 5.78. The standard InChI is InChI=1S/C13H26N4/c1-11-4-2-8-17(10-11)9-3-7-15-13(14)16-12-5-6-12/h11-12H,2-10H2,1H3,(H3,14,15,16). The third-order valence-electron chi connectivity index (χ3n) is 3.59. The number of nitrogens with two attached hydrogens (primary N) is 1. The van der Waals surface area contributed by atoms with Gasteiger partial charge in [-0.05, 0) is 51.1 Å². The number of guanidine groups is 1. The molecule has 1 saturated carbocycles. The van der Waals surface area contributed by atoms with Gasteiger partial charge in [0.15, 0.2) is 5.96 Å². The summed E-state index contributed by atoms with van der Waals surface area (Å²) in [4.78, 5) is 6.93. The molecule has 2 aliphatic rings. The van der Waals surface area contributed by atoms with Gasteiger partial charge in [-0.2, -0.15) is 0 Å². The van der Waals surface area contributed by atoms with Gasteiger partial charge in [-0.15, -0.1) is 0 Å². The van der Waals surface area contributed by atoms with Crippen LogP contribution in [0.4, 0.5) is 0 Å². The summed E-state index contributed by atoms with van der Waals surface area (Å²) in [5.74, 6) is 1.51. The van der Waals surface area contributed by atoms with E-state index in [2.05, 4.69) is 22.1 Å². The first-order chi connectivity index (χ1) is 8.24. The topological polar surface area (TPSA) is 53.6 Å². The first-order valence-corrected chi connectivity index (χ1v) is 7.03. The van der Waals surface area contributed by atoms with Crippen LogP contribution in [0.15, 0.2) is 4.99 Å². The Hall–Kier alpha value is -0.770. The molecule has 1 heterocycles. The van der Waals surface area contributed by atoms with Crippen molar-refractivity contribution in [3.63, 3.8) is 0 Å². The molecule has 1 unspecified atom stereocenters. The van der Waals surface area contributed by atoms with Gasteiger partial charge in [0.1, 0.15) is 0 Å². The highest BCUT2D eigenvalue weighted by Crippen LogP contribution is 2.18. The lowest BCUT2D eigenvalue weighted by molar-refractivity contribution is 0.183. The number of hydrogen-bond donors (Lipinski definition) is 2. The SMILES string of the molecule is CC1CCCN(CCCN=C(N)NC2CC2)C1. The fraction of sp³-hybridized carbons (Fsp3) is 0.923. The zero-order valence-electron chi connectivity index (χ0n) is 11.0. The zero-order valence-corrected chi connectivity index (χ0v) is 11.0. The lowest BCUT2D eigenvalue weighted by Crippen LogP contribution is -2.36. The smallest absolute Gasteiger partial charge is 0.188 e. The Kier molecular flexibility index (Phi) is 4.66. The Bertz CT molecular complexity index is 260. The molecular weight excluding hydrogens is 212 g/mol. The molecule has 98 valence electrons. The second-order valence-electron chi connectivity index (χ2n) is 5.59. The molecule has 0 aromatic heterocycles. The summed E-state index contributed by atoms with van der Waals surface area (Å²) in [6.45, 7) is 6.91. The van der Waals surface area contributed by atoms with Gasteiger partial charge < -0.3 is 16.0 Å². The highest BCUT2D eigenvalue weighted by atomic mass is 15.1. The highest BCUT2D eigenvalue weighted by molar-refractivity contribution is 5.78. The molecule has 2 fully saturated rings. The minimum atomic E-state index is 0.613. The molecule has 1 aliphatic heterocycles. The van der Waals surface area contributed by atoms with Crippen molar-refractivity contribution in [2.45, 2.75) is 45.1 Å². The number of likely N-dealkylation sites (tertiary alicyclic amines) is 1. The van der Waals surface area contributed by atoms with E-state index in [1.807, 2.05) is 0 Å². The summed E-state index contributed by atoms with van der Waals surface area (Å²) in [6, 6.07) is 0.613. The van der Waals surface area contributed by atoms with Crippen molar-refractivity contribution in [3.05, 3.63) is 0 Å². The van der Waals surface area contributed by atoms with Crippen LogP contribution in [0.1, 0.15) is 39.0 Å². The number of hydrogen-bond acceptors (Lipinski definition) is 2. The van der Waals surface area contributed by atoms with Gasteiger partial charge in [-0.3, -0.25) is 4.99 Å². The van der Waals surface area contributed by atoms with Crippen molar-refractivity contribution in [2.24, 2.45) is 16.6 Å². The molecule has 0 amide bonds. The van der Waals surface area contributed by atoms with Gasteiger partial charge in [-0.1, -0.05) is 6.92 Å². The van der Waals surface area contributed by atoms with E-state index in [0.29, 0.717) is 12.0 Å². The van der Waals surface area contributed by atoms with Crippen LogP contribution < -0.4 is 11.1 Å². The summed E-state index contributed by atoms with van der Waals surface area (Å²) in [5, 5.41) is 3.21. The van der Waals surface area contributed by atoms with Crippen molar-refractivity contribution >= 4 is 5.96 Å². The lowest BCUT2D eigenvalue weighted by Gasteiger charge is -2.30. The molecule has 0 aromatic carbocycles. The van der Waals surface area contributed by atoms with Crippen LogP contribution in [0, 0.1) is 5.92 Å². The molecule has 1 saturated heterocycles. The molecule has 4 nitrogen and oxygen atoms in total. The van der Waals surface area contributed by atoms with Crippen LogP contribution in [-0.2, 0) is 0 Å². The summed E-state index contributed by atoms with van der Waals surface area (Å²) < 4.78 is 0. The quantitative estimate of drug-likeness (QED) is 0.429. The van der Waals surface area contributed by atoms with E-state index in [1.54, 1.807) is 0 Å². The second-order valence-corrected chi connectivity index (χ2v) is 5.59. The van der Waals surface area contributed by atoms with Crippen molar-refractivity contribution in [1.29, 1.82) is 0 Å². The minimum Gasteiger partial charge on any atom is -0.370 e. The van der Waals surface area contributed by atoms with E-state index in [-0.39, 0.29) is 0 Å². The summed E-state index contributed by atoms with van der Waals surface area (Å²) >= 11 is 0. The number of aliphatic imine (C=N–C) groups is 1. The third-order valence-corrected chi connectivity index (χ3v) is 3.59. The third kappa shape index (κ3) is 4.94. The molecule has 0 radical (unpaired) electrons. The van der Waals surface area contributed by atoms with Crippen molar-refractivity contribution in [2.75, 3.05) is 26.2 Å². The normalized spacial score (nSPS) is 27.1. The Morgan fingerprint density at radius 1 is 1.41 bits per heavy atom. The lowest BCUT2D eigenvalue weighted by atomic mass is 10.0. The molecule has 4 heteroatoms. The molecular formula is C13H26N4. The van der Waals surface area contributed by atoms with E-state index < -0.39 is 0 Å². The molecule has 2 rings (SSSR count). The van der Waals surface area contributed by atoms with Crippen molar-refractivity contribution in [3.8, 4) is 0 Å². The van der Waals surface area contributed by atoms with Crippen LogP contribution in [-0.4, -0.2) is 43.1 Å². The number of nitrogens with zero attached hydrogens (tertiary/aromatic N) is 2. The monoisotopic (exact) mass is 238 g/mol. The number of piperidine rings is 1. The van der Waals surface area contributed by atoms with Crippen molar-refractivity contribution in [1.82, 2.24) is 10.2 Å². The predicted molar refractivity (Wildman–Crippen MR) is 72.1 cm³/mol. The van der Waals surface area contributed by atoms with Crippen LogP contribution in [0.2, 0.25) is 0 Å². The van der Waals surface area contributed by atoms with Gasteiger partial charge >= 0.3 is 0 Å². The Balaban J connectivity index is 1.55. The van der Waals surface area contributed by atoms with E-state index in [9.17, 15) is 0 Å². The highest BCUT2D eigenvalue weighted by Gasteiger charge is 2.21. The number of nitrogens with one attached hydrogen (secondary N) is 1. The van der Waals surface area contributed by atoms with Gasteiger partial charge in [0.25, 0.3) is 0 Å². The zero-order chi connectivity index (χ0) is 12.1. The van der Waals surface area contributed by atoms with E-state index in [0.717, 1.165) is 18.9 Å². The summed E-state index contributed by atoms with van der Waals surface area (Å²) in [6.07, 6.45) is 6.38. The minimum absolute atomic E-state index is 0.613. The predicted octanol–water partition coefficient (Wildman–Crippen LogP) is 1.18. The first kappa shape index (κ1) is 12.7. The van der Waals surface area contributed by atoms with E-state index in [1.165, 1.54) is 45.3 Å². The van der Waals surface area contributed by atoms with Gasteiger partial charge in [-0.25, -0.2) is 0 Å². The van der Waals surface area contributed by atoms with Gasteiger partial charge in [0.05, 0.1) is 0 Å². The fourth-order valence-electron chi connectivity index (χ4n) is 2.47. The maximum Gasteiger partial charge on any atom is 0.188 e. The fourth-order valence-corrected chi connectivity index (χ4v) is 2.47. The van der Waals surface area contributed by atoms with Crippen LogP contribution in [0.5, 0.6) is 0 Å². The maximum atomic E-state index is 5.78. The van der Waals surface area contributed by atoms with Gasteiger partial charge in [0, 0.05) is 19.1 Å². The van der Waals surface area contributed by atoms with E-state index in [4.69, 9.17) is 5.73 Å². The molecule has 17 heavy (non-hydrogen) atoms. The molecule has 0 bridgehead atoms. The molecule has 1 atom stereocenters. The summed E-state index contributed by atoms with van der Waals surface area (Å²) in [7, 11) is 0. The van der Waals surface area contributed by atoms with Gasteiger partial charge in [0.2, 0.25) is 0 Å². The van der Waals surface area contributed by atoms with E-state index >= 15 is 0 Å². The Morgan fingerprint density at radius 2 is 2.24 bits per heavy atom. The largest absolute Gasteiger partial charge is 0.370 e. The molecule has 0 aromatic rings. The number of rotatable bonds is 5. The Morgan fingerprint density at radius 3 is 2.94 bits per heavy atom. The second kappa shape index (κ2) is 6.24. The molecule has 1 aliphatic carbocycles. The first-order valence-electron chi connectivity index (χ1n) is 7.03. The van der Waals surface area contributed by atoms with Crippen LogP contribution in [0.25, 0.3) is 0 Å². The van der Waals surface area contributed by atoms with Crippen molar-refractivity contribution < 1.29 is 0 Å². The Labute approximate surface area is 105 Å². The van der Waals surface area contributed by atoms with Crippen LogP contribution in [0.3, 0.4) is 0 Å². The molecule has 0 spiro atoms. The average Bonchev–Trinajstić information content (AvgIpc) is 3.08. The molecule has 3 N–H and O–H groups in total.